The Kier molecular flexibility index (Phi) is 3.35. The lowest BCUT2D eigenvalue weighted by Crippen LogP contribution is -1.97. The molecule has 0 aliphatic carbocycles. The van der Waals surface area contributed by atoms with E-state index in [-0.39, 0.29) is 0 Å². The molecule has 5 nitrogen and oxygen atoms in total. The van der Waals surface area contributed by atoms with Crippen molar-refractivity contribution in [3.63, 3.8) is 0 Å². The summed E-state index contributed by atoms with van der Waals surface area (Å²) in [6, 6.07) is 18.1. The Hall–Kier alpha value is -3.73. The molecule has 0 saturated heterocycles. The van der Waals surface area contributed by atoms with Crippen molar-refractivity contribution >= 4 is 33.3 Å². The minimum absolute atomic E-state index is 0.789. The second-order valence-corrected chi connectivity index (χ2v) is 6.07. The van der Waals surface area contributed by atoms with E-state index in [4.69, 9.17) is 4.98 Å². The van der Waals surface area contributed by atoms with Gasteiger partial charge in [0.2, 0.25) is 0 Å². The lowest BCUT2D eigenvalue weighted by atomic mass is 10.1. The van der Waals surface area contributed by atoms with Gasteiger partial charge >= 0.3 is 0 Å². The number of anilines is 2. The fraction of sp³-hybridized carbons (Fsp3) is 0. The van der Waals surface area contributed by atoms with E-state index in [1.165, 1.54) is 0 Å². The van der Waals surface area contributed by atoms with Gasteiger partial charge in [-0.2, -0.15) is 0 Å². The van der Waals surface area contributed by atoms with Gasteiger partial charge in [-0.3, -0.25) is 9.97 Å². The van der Waals surface area contributed by atoms with Gasteiger partial charge in [0.15, 0.2) is 0 Å². The minimum Gasteiger partial charge on any atom is -0.361 e. The molecule has 124 valence electrons. The Morgan fingerprint density at radius 3 is 2.73 bits per heavy atom. The summed E-state index contributed by atoms with van der Waals surface area (Å²) in [6.45, 7) is 0. The molecule has 0 saturated carbocycles. The maximum Gasteiger partial charge on any atom is 0.140 e. The van der Waals surface area contributed by atoms with Crippen LogP contribution >= 0.6 is 0 Å². The molecule has 2 N–H and O–H groups in total. The highest BCUT2D eigenvalue weighted by Gasteiger charge is 2.09. The summed E-state index contributed by atoms with van der Waals surface area (Å²) in [5.41, 5.74) is 4.88. The Morgan fingerprint density at radius 1 is 0.885 bits per heavy atom. The first kappa shape index (κ1) is 14.6. The van der Waals surface area contributed by atoms with Crippen LogP contribution < -0.4 is 5.32 Å². The largest absolute Gasteiger partial charge is 0.361 e. The zero-order valence-electron chi connectivity index (χ0n) is 13.8. The topological polar surface area (TPSA) is 66.5 Å². The second-order valence-electron chi connectivity index (χ2n) is 6.07. The Morgan fingerprint density at radius 2 is 1.81 bits per heavy atom. The van der Waals surface area contributed by atoms with E-state index in [0.717, 1.165) is 44.6 Å². The average Bonchev–Trinajstić information content (AvgIpc) is 3.16. The van der Waals surface area contributed by atoms with Crippen LogP contribution in [0, 0.1) is 0 Å². The first-order valence-electron chi connectivity index (χ1n) is 8.37. The molecule has 0 radical (unpaired) electrons. The molecule has 0 fully saturated rings. The van der Waals surface area contributed by atoms with Gasteiger partial charge in [0, 0.05) is 52.3 Å². The SMILES string of the molecule is c1cnc2cc(-c3ccncc3)nc(Nc3ccc4[nH]ccc4c3)c2c1. The third-order valence-electron chi connectivity index (χ3n) is 4.39. The summed E-state index contributed by atoms with van der Waals surface area (Å²) >= 11 is 0. The van der Waals surface area contributed by atoms with Crippen LogP contribution in [-0.2, 0) is 0 Å². The Bertz CT molecular complexity index is 1210. The Balaban J connectivity index is 1.65. The number of hydrogen-bond acceptors (Lipinski definition) is 4. The Labute approximate surface area is 149 Å². The van der Waals surface area contributed by atoms with Crippen LogP contribution in [-0.4, -0.2) is 19.9 Å². The van der Waals surface area contributed by atoms with Gasteiger partial charge in [0.05, 0.1) is 11.2 Å². The van der Waals surface area contributed by atoms with E-state index in [0.29, 0.717) is 0 Å². The molecule has 0 atom stereocenters. The number of benzene rings is 1. The minimum atomic E-state index is 0.789. The van der Waals surface area contributed by atoms with Crippen molar-refractivity contribution in [1.29, 1.82) is 0 Å². The van der Waals surface area contributed by atoms with Gasteiger partial charge in [0.25, 0.3) is 0 Å². The summed E-state index contributed by atoms with van der Waals surface area (Å²) in [6.07, 6.45) is 7.28. The zero-order chi connectivity index (χ0) is 17.3. The molecule has 5 aromatic rings. The van der Waals surface area contributed by atoms with E-state index < -0.39 is 0 Å². The van der Waals surface area contributed by atoms with Crippen LogP contribution in [0.3, 0.4) is 0 Å². The lowest BCUT2D eigenvalue weighted by molar-refractivity contribution is 1.28. The van der Waals surface area contributed by atoms with Gasteiger partial charge in [0.1, 0.15) is 5.82 Å². The fourth-order valence-corrected chi connectivity index (χ4v) is 3.11. The molecule has 1 aromatic carbocycles. The van der Waals surface area contributed by atoms with E-state index >= 15 is 0 Å². The van der Waals surface area contributed by atoms with Crippen LogP contribution in [0.15, 0.2) is 79.4 Å². The van der Waals surface area contributed by atoms with Gasteiger partial charge < -0.3 is 10.3 Å². The number of H-pyrrole nitrogens is 1. The van der Waals surface area contributed by atoms with Crippen molar-refractivity contribution in [3.8, 4) is 11.3 Å². The molecule has 0 spiro atoms. The number of nitrogens with one attached hydrogen (secondary N) is 2. The summed E-state index contributed by atoms with van der Waals surface area (Å²) in [4.78, 5) is 16.7. The van der Waals surface area contributed by atoms with E-state index in [2.05, 4.69) is 38.5 Å². The number of nitrogens with zero attached hydrogens (tertiary/aromatic N) is 3. The molecule has 5 rings (SSSR count). The molecule has 0 aliphatic rings. The third-order valence-corrected chi connectivity index (χ3v) is 4.39. The van der Waals surface area contributed by atoms with Crippen LogP contribution in [0.4, 0.5) is 11.5 Å². The lowest BCUT2D eigenvalue weighted by Gasteiger charge is -2.11. The predicted molar refractivity (Wildman–Crippen MR) is 104 cm³/mol. The van der Waals surface area contributed by atoms with Gasteiger partial charge in [-0.15, -0.1) is 0 Å². The number of rotatable bonds is 3. The number of aromatic nitrogens is 4. The number of fused-ring (bicyclic) bond motifs is 2. The highest BCUT2D eigenvalue weighted by Crippen LogP contribution is 2.29. The van der Waals surface area contributed by atoms with Crippen LogP contribution in [0.1, 0.15) is 0 Å². The number of aromatic amines is 1. The normalized spacial score (nSPS) is 11.1. The molecule has 26 heavy (non-hydrogen) atoms. The first-order chi connectivity index (χ1) is 12.9. The van der Waals surface area contributed by atoms with Gasteiger partial charge in [-0.05, 0) is 54.6 Å². The fourth-order valence-electron chi connectivity index (χ4n) is 3.11. The van der Waals surface area contributed by atoms with Crippen molar-refractivity contribution in [2.75, 3.05) is 5.32 Å². The van der Waals surface area contributed by atoms with E-state index in [1.54, 1.807) is 18.6 Å². The summed E-state index contributed by atoms with van der Waals surface area (Å²) in [7, 11) is 0. The molecular weight excluding hydrogens is 322 g/mol. The second kappa shape index (κ2) is 5.97. The maximum absolute atomic E-state index is 4.85. The van der Waals surface area contributed by atoms with Crippen molar-refractivity contribution < 1.29 is 0 Å². The molecule has 5 heteroatoms. The molecule has 0 aliphatic heterocycles. The van der Waals surface area contributed by atoms with Crippen molar-refractivity contribution in [3.05, 3.63) is 79.4 Å². The quantitative estimate of drug-likeness (QED) is 0.490. The van der Waals surface area contributed by atoms with Crippen molar-refractivity contribution in [2.24, 2.45) is 0 Å². The first-order valence-corrected chi connectivity index (χ1v) is 8.37. The monoisotopic (exact) mass is 337 g/mol. The number of pyridine rings is 3. The average molecular weight is 337 g/mol. The van der Waals surface area contributed by atoms with Gasteiger partial charge in [-0.25, -0.2) is 4.98 Å². The molecular formula is C21H15N5. The number of hydrogen-bond donors (Lipinski definition) is 2. The van der Waals surface area contributed by atoms with E-state index in [9.17, 15) is 0 Å². The summed E-state index contributed by atoms with van der Waals surface area (Å²) in [5, 5.41) is 5.60. The standard InChI is InChI=1S/C21H15N5/c1-2-17-20(23-8-1)13-19(14-5-9-22-10-6-14)26-21(17)25-16-3-4-18-15(12-16)7-11-24-18/h1-13,24H,(H,25,26). The summed E-state index contributed by atoms with van der Waals surface area (Å²) in [5.74, 6) is 0.789. The molecule has 0 amide bonds. The highest BCUT2D eigenvalue weighted by atomic mass is 15.0. The molecule has 0 bridgehead atoms. The van der Waals surface area contributed by atoms with Crippen molar-refractivity contribution in [1.82, 2.24) is 19.9 Å². The zero-order valence-corrected chi connectivity index (χ0v) is 13.8. The van der Waals surface area contributed by atoms with Crippen molar-refractivity contribution in [2.45, 2.75) is 0 Å². The summed E-state index contributed by atoms with van der Waals surface area (Å²) < 4.78 is 0. The molecule has 4 heterocycles. The highest BCUT2D eigenvalue weighted by molar-refractivity contribution is 5.94. The molecule has 0 unspecified atom stereocenters. The van der Waals surface area contributed by atoms with Gasteiger partial charge in [-0.1, -0.05) is 0 Å². The van der Waals surface area contributed by atoms with Crippen LogP contribution in [0.25, 0.3) is 33.1 Å². The smallest absolute Gasteiger partial charge is 0.140 e. The predicted octanol–water partition coefficient (Wildman–Crippen LogP) is 4.92. The van der Waals surface area contributed by atoms with Crippen LogP contribution in [0.2, 0.25) is 0 Å². The van der Waals surface area contributed by atoms with E-state index in [1.807, 2.05) is 42.6 Å². The van der Waals surface area contributed by atoms with Crippen LogP contribution in [0.5, 0.6) is 0 Å². The third kappa shape index (κ3) is 2.56. The molecule has 4 aromatic heterocycles. The maximum atomic E-state index is 4.85.